The maximum absolute atomic E-state index is 9.55. The third-order valence-corrected chi connectivity index (χ3v) is 4.51. The van der Waals surface area contributed by atoms with E-state index in [0.717, 1.165) is 28.4 Å². The number of hydrogen-bond donors (Lipinski definition) is 1. The molecule has 1 aromatic heterocycles. The Bertz CT molecular complexity index is 403. The minimum absolute atomic E-state index is 0.0410. The van der Waals surface area contributed by atoms with E-state index < -0.39 is 0 Å². The van der Waals surface area contributed by atoms with E-state index >= 15 is 0 Å². The molecular weight excluding hydrogens is 315 g/mol. The molecule has 2 aliphatic carbocycles. The minimum atomic E-state index is -0.0410. The van der Waals surface area contributed by atoms with Crippen molar-refractivity contribution in [3.8, 4) is 0 Å². The van der Waals surface area contributed by atoms with Crippen LogP contribution in [0.3, 0.4) is 0 Å². The highest BCUT2D eigenvalue weighted by atomic mass is 127. The molecule has 2 aliphatic rings. The highest BCUT2D eigenvalue weighted by Gasteiger charge is 2.57. The summed E-state index contributed by atoms with van der Waals surface area (Å²) in [5.74, 6) is 2.11. The summed E-state index contributed by atoms with van der Waals surface area (Å²) in [6.07, 6.45) is 1.95. The molecule has 88 valence electrons. The molecule has 0 unspecified atom stereocenters. The highest BCUT2D eigenvalue weighted by Crippen LogP contribution is 2.63. The van der Waals surface area contributed by atoms with Crippen molar-refractivity contribution in [2.24, 2.45) is 11.8 Å². The van der Waals surface area contributed by atoms with Crippen molar-refractivity contribution >= 4 is 22.6 Å². The molecular formula is C12H17IN2O. The van der Waals surface area contributed by atoms with Crippen LogP contribution in [0.25, 0.3) is 0 Å². The van der Waals surface area contributed by atoms with Gasteiger partial charge in [-0.15, -0.1) is 0 Å². The van der Waals surface area contributed by atoms with Crippen LogP contribution in [0.4, 0.5) is 0 Å². The van der Waals surface area contributed by atoms with E-state index in [0.29, 0.717) is 12.0 Å². The van der Waals surface area contributed by atoms with Gasteiger partial charge in [0.1, 0.15) is 3.70 Å². The van der Waals surface area contributed by atoms with Gasteiger partial charge in [0.2, 0.25) is 0 Å². The van der Waals surface area contributed by atoms with E-state index in [2.05, 4.69) is 52.3 Å². The molecule has 0 bridgehead atoms. The molecule has 1 N–H and O–H groups in total. The Morgan fingerprint density at radius 3 is 2.62 bits per heavy atom. The van der Waals surface area contributed by atoms with Crippen LogP contribution in [0.2, 0.25) is 0 Å². The molecule has 0 aliphatic heterocycles. The van der Waals surface area contributed by atoms with Crippen LogP contribution in [0.5, 0.6) is 0 Å². The second-order valence-electron chi connectivity index (χ2n) is 5.41. The van der Waals surface area contributed by atoms with Gasteiger partial charge in [0.15, 0.2) is 0 Å². The van der Waals surface area contributed by atoms with Crippen molar-refractivity contribution in [1.82, 2.24) is 9.78 Å². The lowest BCUT2D eigenvalue weighted by Gasteiger charge is -2.13. The number of rotatable bonds is 2. The number of fused-ring (bicyclic) bond motifs is 1. The fourth-order valence-electron chi connectivity index (χ4n) is 3.29. The predicted octanol–water partition coefficient (Wildman–Crippen LogP) is 2.55. The normalized spacial score (nSPS) is 36.8. The molecule has 0 saturated heterocycles. The Hall–Kier alpha value is -0.100. The maximum atomic E-state index is 9.55. The number of nitrogens with zero attached hydrogens (tertiary/aromatic N) is 2. The van der Waals surface area contributed by atoms with Gasteiger partial charge in [-0.05, 0) is 67.2 Å². The van der Waals surface area contributed by atoms with Gasteiger partial charge in [-0.1, -0.05) is 0 Å². The number of aliphatic hydroxyl groups is 1. The molecule has 1 aromatic rings. The van der Waals surface area contributed by atoms with E-state index in [1.54, 1.807) is 0 Å². The highest BCUT2D eigenvalue weighted by molar-refractivity contribution is 14.1. The zero-order valence-electron chi connectivity index (χ0n) is 9.60. The maximum Gasteiger partial charge on any atom is 0.123 e. The SMILES string of the molecule is CC(C)n1nc(I)cc1[C@H]1[C@@H]2C[C@H](O)C[C@@H]21. The Morgan fingerprint density at radius 2 is 2.06 bits per heavy atom. The smallest absolute Gasteiger partial charge is 0.123 e. The van der Waals surface area contributed by atoms with Crippen molar-refractivity contribution in [3.05, 3.63) is 15.5 Å². The molecule has 4 atom stereocenters. The molecule has 2 fully saturated rings. The summed E-state index contributed by atoms with van der Waals surface area (Å²) >= 11 is 2.29. The second-order valence-corrected chi connectivity index (χ2v) is 6.51. The van der Waals surface area contributed by atoms with E-state index in [1.807, 2.05) is 0 Å². The fraction of sp³-hybridized carbons (Fsp3) is 0.750. The molecule has 0 amide bonds. The van der Waals surface area contributed by atoms with Crippen LogP contribution in [0.15, 0.2) is 6.07 Å². The molecule has 0 radical (unpaired) electrons. The van der Waals surface area contributed by atoms with Gasteiger partial charge < -0.3 is 5.11 Å². The third kappa shape index (κ3) is 1.61. The predicted molar refractivity (Wildman–Crippen MR) is 70.3 cm³/mol. The van der Waals surface area contributed by atoms with Gasteiger partial charge in [0.05, 0.1) is 6.10 Å². The molecule has 0 spiro atoms. The first-order chi connectivity index (χ1) is 7.58. The van der Waals surface area contributed by atoms with Gasteiger partial charge in [-0.25, -0.2) is 0 Å². The Labute approximate surface area is 109 Å². The van der Waals surface area contributed by atoms with E-state index in [4.69, 9.17) is 0 Å². The largest absolute Gasteiger partial charge is 0.393 e. The van der Waals surface area contributed by atoms with Gasteiger partial charge in [-0.2, -0.15) is 5.10 Å². The quantitative estimate of drug-likeness (QED) is 0.846. The van der Waals surface area contributed by atoms with Crippen LogP contribution >= 0.6 is 22.6 Å². The Morgan fingerprint density at radius 1 is 1.44 bits per heavy atom. The van der Waals surface area contributed by atoms with Gasteiger partial charge in [0.25, 0.3) is 0 Å². The van der Waals surface area contributed by atoms with Gasteiger partial charge >= 0.3 is 0 Å². The van der Waals surface area contributed by atoms with Crippen LogP contribution in [-0.4, -0.2) is 21.0 Å². The number of halogens is 1. The summed E-state index contributed by atoms with van der Waals surface area (Å²) in [5.41, 5.74) is 1.39. The summed E-state index contributed by atoms with van der Waals surface area (Å²) < 4.78 is 3.25. The van der Waals surface area contributed by atoms with Crippen LogP contribution in [-0.2, 0) is 0 Å². The lowest BCUT2D eigenvalue weighted by molar-refractivity contribution is 0.165. The molecule has 3 rings (SSSR count). The summed E-state index contributed by atoms with van der Waals surface area (Å²) in [4.78, 5) is 0. The Balaban J connectivity index is 1.86. The van der Waals surface area contributed by atoms with Crippen molar-refractivity contribution in [3.63, 3.8) is 0 Å². The first kappa shape index (κ1) is 11.0. The van der Waals surface area contributed by atoms with E-state index in [9.17, 15) is 5.11 Å². The lowest BCUT2D eigenvalue weighted by atomic mass is 10.1. The van der Waals surface area contributed by atoms with Crippen molar-refractivity contribution in [1.29, 1.82) is 0 Å². The van der Waals surface area contributed by atoms with Crippen molar-refractivity contribution < 1.29 is 5.11 Å². The summed E-state index contributed by atoms with van der Waals surface area (Å²) in [6, 6.07) is 2.65. The zero-order chi connectivity index (χ0) is 11.4. The average Bonchev–Trinajstić information content (AvgIpc) is 2.60. The molecule has 1 heterocycles. The van der Waals surface area contributed by atoms with Gasteiger partial charge in [-0.3, -0.25) is 4.68 Å². The summed E-state index contributed by atoms with van der Waals surface area (Å²) in [7, 11) is 0. The van der Waals surface area contributed by atoms with Crippen LogP contribution < -0.4 is 0 Å². The molecule has 2 saturated carbocycles. The monoisotopic (exact) mass is 332 g/mol. The van der Waals surface area contributed by atoms with Crippen molar-refractivity contribution in [2.75, 3.05) is 0 Å². The first-order valence-corrected chi connectivity index (χ1v) is 7.09. The lowest BCUT2D eigenvalue weighted by Crippen LogP contribution is -2.10. The Kier molecular flexibility index (Phi) is 2.55. The average molecular weight is 332 g/mol. The van der Waals surface area contributed by atoms with Crippen LogP contribution in [0, 0.1) is 15.5 Å². The van der Waals surface area contributed by atoms with Crippen LogP contribution in [0.1, 0.15) is 44.3 Å². The molecule has 3 nitrogen and oxygen atoms in total. The summed E-state index contributed by atoms with van der Waals surface area (Å²) in [5, 5.41) is 14.1. The minimum Gasteiger partial charge on any atom is -0.393 e. The van der Waals surface area contributed by atoms with Crippen molar-refractivity contribution in [2.45, 2.75) is 44.8 Å². The molecule has 4 heteroatoms. The number of aromatic nitrogens is 2. The van der Waals surface area contributed by atoms with Gasteiger partial charge in [0, 0.05) is 17.7 Å². The number of aliphatic hydroxyl groups excluding tert-OH is 1. The zero-order valence-corrected chi connectivity index (χ0v) is 11.8. The third-order valence-electron chi connectivity index (χ3n) is 3.99. The first-order valence-electron chi connectivity index (χ1n) is 6.01. The number of hydrogen-bond acceptors (Lipinski definition) is 2. The molecule has 16 heavy (non-hydrogen) atoms. The summed E-state index contributed by atoms with van der Waals surface area (Å²) in [6.45, 7) is 4.36. The standard InChI is InChI=1S/C12H17IN2O/c1-6(2)15-10(5-11(13)14-15)12-8-3-7(16)4-9(8)12/h5-9,12,16H,3-4H2,1-2H3/t7-,8+,9-,12-. The second kappa shape index (κ2) is 3.70. The topological polar surface area (TPSA) is 38.0 Å². The molecule has 0 aromatic carbocycles. The van der Waals surface area contributed by atoms with E-state index in [-0.39, 0.29) is 6.10 Å². The fourth-order valence-corrected chi connectivity index (χ4v) is 3.84. The van der Waals surface area contributed by atoms with E-state index in [1.165, 1.54) is 5.69 Å².